The van der Waals surface area contributed by atoms with Crippen molar-refractivity contribution in [2.24, 2.45) is 0 Å². The summed E-state index contributed by atoms with van der Waals surface area (Å²) in [7, 11) is -2.15. The molecule has 1 amide bonds. The molecule has 27 heavy (non-hydrogen) atoms. The maximum Gasteiger partial charge on any atom is 0.257 e. The molecule has 0 aliphatic carbocycles. The summed E-state index contributed by atoms with van der Waals surface area (Å²) in [5, 5.41) is 15.7. The zero-order chi connectivity index (χ0) is 19.3. The number of ether oxygens (including phenoxy) is 1. The van der Waals surface area contributed by atoms with Crippen molar-refractivity contribution in [3.63, 3.8) is 0 Å². The second-order valence-electron chi connectivity index (χ2n) is 5.29. The van der Waals surface area contributed by atoms with Crippen LogP contribution in [-0.2, 0) is 14.8 Å². The fraction of sp³-hybridized carbons (Fsp3) is 0.188. The van der Waals surface area contributed by atoms with Crippen LogP contribution >= 0.6 is 22.7 Å². The van der Waals surface area contributed by atoms with E-state index in [1.165, 1.54) is 42.7 Å². The average molecular weight is 425 g/mol. The first-order chi connectivity index (χ1) is 13.0. The highest BCUT2D eigenvalue weighted by Crippen LogP contribution is 2.28. The van der Waals surface area contributed by atoms with Gasteiger partial charge in [0.2, 0.25) is 15.2 Å². The Morgan fingerprint density at radius 1 is 1.19 bits per heavy atom. The number of aromatic nitrogens is 2. The van der Waals surface area contributed by atoms with Crippen LogP contribution in [0, 0.1) is 0 Å². The van der Waals surface area contributed by atoms with Crippen LogP contribution in [0.3, 0.4) is 0 Å². The maximum absolute atomic E-state index is 12.3. The van der Waals surface area contributed by atoms with E-state index in [9.17, 15) is 13.2 Å². The number of hydrogen-bond donors (Lipinski definition) is 2. The van der Waals surface area contributed by atoms with Gasteiger partial charge in [0.15, 0.2) is 0 Å². The topological polar surface area (TPSA) is 110 Å². The molecule has 1 aromatic carbocycles. The third kappa shape index (κ3) is 4.96. The number of rotatable bonds is 8. The van der Waals surface area contributed by atoms with E-state index >= 15 is 0 Å². The minimum atomic E-state index is -3.64. The van der Waals surface area contributed by atoms with E-state index in [-0.39, 0.29) is 24.0 Å². The van der Waals surface area contributed by atoms with Crippen LogP contribution in [0.25, 0.3) is 10.6 Å². The van der Waals surface area contributed by atoms with Crippen LogP contribution in [0.5, 0.6) is 0 Å². The minimum Gasteiger partial charge on any atom is -0.383 e. The molecule has 3 aromatic rings. The fourth-order valence-corrected chi connectivity index (χ4v) is 4.56. The molecule has 0 bridgehead atoms. The molecule has 0 saturated carbocycles. The SMILES string of the molecule is COCCNS(=O)(=O)c1ccc(C(=O)Nc2nnc(-c3ccsc3)s2)cc1. The molecule has 0 radical (unpaired) electrons. The average Bonchev–Trinajstić information content (AvgIpc) is 3.33. The van der Waals surface area contributed by atoms with Crippen molar-refractivity contribution in [3.8, 4) is 10.6 Å². The van der Waals surface area contributed by atoms with Gasteiger partial charge >= 0.3 is 0 Å². The normalized spacial score (nSPS) is 11.4. The van der Waals surface area contributed by atoms with Crippen LogP contribution in [0.2, 0.25) is 0 Å². The zero-order valence-electron chi connectivity index (χ0n) is 14.2. The summed E-state index contributed by atoms with van der Waals surface area (Å²) in [5.74, 6) is -0.390. The van der Waals surface area contributed by atoms with Crippen LogP contribution in [0.1, 0.15) is 10.4 Å². The summed E-state index contributed by atoms with van der Waals surface area (Å²) >= 11 is 2.82. The van der Waals surface area contributed by atoms with Gasteiger partial charge in [0.05, 0.1) is 11.5 Å². The quantitative estimate of drug-likeness (QED) is 0.538. The van der Waals surface area contributed by atoms with Gasteiger partial charge in [-0.3, -0.25) is 10.1 Å². The van der Waals surface area contributed by atoms with Crippen LogP contribution in [-0.4, -0.2) is 44.8 Å². The summed E-state index contributed by atoms with van der Waals surface area (Å²) in [6, 6.07) is 7.57. The molecular formula is C16H16N4O4S3. The van der Waals surface area contributed by atoms with Gasteiger partial charge in [-0.25, -0.2) is 13.1 Å². The molecule has 142 valence electrons. The van der Waals surface area contributed by atoms with E-state index < -0.39 is 10.0 Å². The molecule has 11 heteroatoms. The molecule has 0 fully saturated rings. The number of nitrogens with one attached hydrogen (secondary N) is 2. The zero-order valence-corrected chi connectivity index (χ0v) is 16.7. The highest BCUT2D eigenvalue weighted by atomic mass is 32.2. The van der Waals surface area contributed by atoms with Crippen molar-refractivity contribution in [1.82, 2.24) is 14.9 Å². The molecule has 3 rings (SSSR count). The monoisotopic (exact) mass is 424 g/mol. The Kier molecular flexibility index (Phi) is 6.29. The maximum atomic E-state index is 12.3. The molecular weight excluding hydrogens is 408 g/mol. The lowest BCUT2D eigenvalue weighted by atomic mass is 10.2. The molecule has 8 nitrogen and oxygen atoms in total. The van der Waals surface area contributed by atoms with E-state index in [1.54, 1.807) is 11.3 Å². The first-order valence-electron chi connectivity index (χ1n) is 7.76. The van der Waals surface area contributed by atoms with Crippen molar-refractivity contribution in [2.75, 3.05) is 25.6 Å². The van der Waals surface area contributed by atoms with Gasteiger partial charge in [0, 0.05) is 30.2 Å². The number of carbonyl (C=O) groups excluding carboxylic acids is 1. The van der Waals surface area contributed by atoms with E-state index in [4.69, 9.17) is 4.74 Å². The largest absolute Gasteiger partial charge is 0.383 e. The second-order valence-corrected chi connectivity index (χ2v) is 8.82. The molecule has 2 heterocycles. The number of nitrogens with zero attached hydrogens (tertiary/aromatic N) is 2. The number of carbonyl (C=O) groups is 1. The lowest BCUT2D eigenvalue weighted by Gasteiger charge is -2.07. The number of amides is 1. The van der Waals surface area contributed by atoms with Gasteiger partial charge < -0.3 is 4.74 Å². The summed E-state index contributed by atoms with van der Waals surface area (Å²) < 4.78 is 31.5. The Hall–Kier alpha value is -2.18. The Balaban J connectivity index is 1.65. The molecule has 2 aromatic heterocycles. The Labute approximate surface area is 164 Å². The summed E-state index contributed by atoms with van der Waals surface area (Å²) in [4.78, 5) is 12.4. The Bertz CT molecular complexity index is 999. The number of methoxy groups -OCH3 is 1. The van der Waals surface area contributed by atoms with Crippen molar-refractivity contribution < 1.29 is 17.9 Å². The molecule has 0 aliphatic rings. The molecule has 0 saturated heterocycles. The standard InChI is InChI=1S/C16H16N4O4S3/c1-24-8-7-17-27(22,23)13-4-2-11(3-5-13)14(21)18-16-20-19-15(26-16)12-6-9-25-10-12/h2-6,9-10,17H,7-8H2,1H3,(H,18,20,21). The highest BCUT2D eigenvalue weighted by molar-refractivity contribution is 7.89. The number of anilines is 1. The molecule has 0 aliphatic heterocycles. The van der Waals surface area contributed by atoms with Gasteiger partial charge in [-0.15, -0.1) is 10.2 Å². The second kappa shape index (κ2) is 8.67. The van der Waals surface area contributed by atoms with E-state index in [2.05, 4.69) is 20.2 Å². The van der Waals surface area contributed by atoms with Gasteiger partial charge in [-0.1, -0.05) is 11.3 Å². The summed E-state index contributed by atoms with van der Waals surface area (Å²) in [6.07, 6.45) is 0. The smallest absolute Gasteiger partial charge is 0.257 e. The van der Waals surface area contributed by atoms with Crippen LogP contribution in [0.4, 0.5) is 5.13 Å². The van der Waals surface area contributed by atoms with Gasteiger partial charge in [0.1, 0.15) is 5.01 Å². The van der Waals surface area contributed by atoms with Crippen molar-refractivity contribution in [2.45, 2.75) is 4.90 Å². The third-order valence-electron chi connectivity index (χ3n) is 3.44. The van der Waals surface area contributed by atoms with Gasteiger partial charge in [-0.2, -0.15) is 11.3 Å². The molecule has 0 spiro atoms. The van der Waals surface area contributed by atoms with Crippen molar-refractivity contribution >= 4 is 43.7 Å². The minimum absolute atomic E-state index is 0.0748. The first kappa shape index (κ1) is 19.6. The molecule has 2 N–H and O–H groups in total. The fourth-order valence-electron chi connectivity index (χ4n) is 2.09. The predicted molar refractivity (Wildman–Crippen MR) is 105 cm³/mol. The number of hydrogen-bond acceptors (Lipinski definition) is 8. The van der Waals surface area contributed by atoms with Crippen molar-refractivity contribution in [1.29, 1.82) is 0 Å². The molecule has 0 unspecified atom stereocenters. The number of benzene rings is 1. The number of sulfonamides is 1. The van der Waals surface area contributed by atoms with Crippen molar-refractivity contribution in [3.05, 3.63) is 46.7 Å². The Morgan fingerprint density at radius 2 is 1.96 bits per heavy atom. The third-order valence-corrected chi connectivity index (χ3v) is 6.49. The van der Waals surface area contributed by atoms with Crippen LogP contribution < -0.4 is 10.0 Å². The van der Waals surface area contributed by atoms with E-state index in [0.29, 0.717) is 10.7 Å². The van der Waals surface area contributed by atoms with E-state index in [0.717, 1.165) is 10.6 Å². The van der Waals surface area contributed by atoms with Crippen LogP contribution in [0.15, 0.2) is 46.0 Å². The van der Waals surface area contributed by atoms with E-state index in [1.807, 2.05) is 16.8 Å². The highest BCUT2D eigenvalue weighted by Gasteiger charge is 2.15. The predicted octanol–water partition coefficient (Wildman–Crippen LogP) is 2.44. The Morgan fingerprint density at radius 3 is 2.63 bits per heavy atom. The first-order valence-corrected chi connectivity index (χ1v) is 11.0. The summed E-state index contributed by atoms with van der Waals surface area (Å²) in [6.45, 7) is 0.444. The lowest BCUT2D eigenvalue weighted by molar-refractivity contribution is 0.102. The molecule has 0 atom stereocenters. The summed E-state index contributed by atoms with van der Waals surface area (Å²) in [5.41, 5.74) is 1.27. The number of thiophene rings is 1. The van der Waals surface area contributed by atoms with Gasteiger partial charge in [0.25, 0.3) is 5.91 Å². The lowest BCUT2D eigenvalue weighted by Crippen LogP contribution is -2.27. The van der Waals surface area contributed by atoms with Gasteiger partial charge in [-0.05, 0) is 35.7 Å².